The number of carbonyl (C=O) groups excluding carboxylic acids is 3. The first kappa shape index (κ1) is 41.1. The van der Waals surface area contributed by atoms with Crippen molar-refractivity contribution < 1.29 is 57.1 Å². The summed E-state index contributed by atoms with van der Waals surface area (Å²) in [5.41, 5.74) is 0.842. The van der Waals surface area contributed by atoms with Crippen LogP contribution in [-0.2, 0) is 32.1 Å². The summed E-state index contributed by atoms with van der Waals surface area (Å²) in [6, 6.07) is 5.67. The average Bonchev–Trinajstić information content (AvgIpc) is 3.49. The molecule has 1 fully saturated rings. The number of rotatable bonds is 23. The molecule has 1 aromatic heterocycles. The summed E-state index contributed by atoms with van der Waals surface area (Å²) in [6.45, 7) is 7.33. The van der Waals surface area contributed by atoms with E-state index in [1.807, 2.05) is 35.9 Å². The number of carbonyl (C=O) groups is 3. The minimum atomic E-state index is -0.689. The molecule has 1 saturated heterocycles. The molecule has 9 nitrogen and oxygen atoms in total. The highest BCUT2D eigenvalue weighted by Crippen LogP contribution is 2.21. The maximum absolute atomic E-state index is 12.7. The Morgan fingerprint density at radius 2 is 1.36 bits per heavy atom. The van der Waals surface area contributed by atoms with Gasteiger partial charge in [-0.25, -0.2) is 19.1 Å². The number of alkyl carbamates (subject to hydrolysis) is 1. The van der Waals surface area contributed by atoms with Crippen LogP contribution in [0.15, 0.2) is 24.4 Å². The molecule has 0 saturated carbocycles. The molecule has 0 spiro atoms. The van der Waals surface area contributed by atoms with Crippen molar-refractivity contribution in [3.05, 3.63) is 30.1 Å². The standard InChI is InChI=1S/C35H59N3O6.HI/c1-4-6-7-8-9-10-11-12-13-14-15-16-17-18-20-25-36-34(40)42-28-32-23-24-33(44-32)29-43-35(41)38(30(3)39)27-31-22-19-21-26-37(31)5-2;/h19,21-22,26,32-33H,4-18,20,23-25,27-29H2,1-3H3;1H/t32-,33+;/m1./s1. The Balaban J connectivity index is 0.0000101. The van der Waals surface area contributed by atoms with Crippen LogP contribution in [0, 0.1) is 0 Å². The fourth-order valence-electron chi connectivity index (χ4n) is 5.60. The van der Waals surface area contributed by atoms with Crippen LogP contribution in [0.25, 0.3) is 0 Å². The van der Waals surface area contributed by atoms with E-state index in [2.05, 4.69) is 12.2 Å². The van der Waals surface area contributed by atoms with Crippen LogP contribution in [-0.4, -0.2) is 55.0 Å². The first-order valence-electron chi connectivity index (χ1n) is 17.4. The van der Waals surface area contributed by atoms with Crippen molar-refractivity contribution >= 4 is 18.1 Å². The van der Waals surface area contributed by atoms with Gasteiger partial charge >= 0.3 is 12.2 Å². The summed E-state index contributed by atoms with van der Waals surface area (Å²) >= 11 is 0. The quantitative estimate of drug-likeness (QED) is 0.0998. The van der Waals surface area contributed by atoms with Gasteiger partial charge in [-0.2, -0.15) is 0 Å². The third kappa shape index (κ3) is 18.7. The largest absolute Gasteiger partial charge is 1.00 e. The fourth-order valence-corrected chi connectivity index (χ4v) is 5.60. The van der Waals surface area contributed by atoms with Gasteiger partial charge in [-0.1, -0.05) is 103 Å². The number of imide groups is 1. The lowest BCUT2D eigenvalue weighted by molar-refractivity contribution is -0.701. The average molecular weight is 746 g/mol. The SMILES string of the molecule is CCCCCCCCCCCCCCCCCNC(=O)OC[C@H]1CC[C@@H](COC(=O)N(Cc2cccc[n+]2CC)C(C)=O)O1.[I-]. The number of amides is 3. The number of ether oxygens (including phenoxy) is 3. The molecular formula is C35H60IN3O6. The molecule has 1 N–H and O–H groups in total. The number of aromatic nitrogens is 1. The maximum atomic E-state index is 12.7. The zero-order valence-electron chi connectivity index (χ0n) is 28.2. The van der Waals surface area contributed by atoms with E-state index in [1.165, 1.54) is 90.4 Å². The summed E-state index contributed by atoms with van der Waals surface area (Å²) in [5.74, 6) is -0.379. The topological polar surface area (TPSA) is 98.0 Å². The Bertz CT molecular complexity index is 950. The Kier molecular flexibility index (Phi) is 23.9. The summed E-state index contributed by atoms with van der Waals surface area (Å²) in [7, 11) is 0. The molecule has 2 rings (SSSR count). The zero-order valence-corrected chi connectivity index (χ0v) is 30.4. The van der Waals surface area contributed by atoms with E-state index < -0.39 is 12.2 Å². The van der Waals surface area contributed by atoms with E-state index in [9.17, 15) is 14.4 Å². The normalized spacial score (nSPS) is 15.7. The molecular weight excluding hydrogens is 685 g/mol. The van der Waals surface area contributed by atoms with Crippen molar-refractivity contribution in [2.75, 3.05) is 19.8 Å². The van der Waals surface area contributed by atoms with Crippen LogP contribution in [0.5, 0.6) is 0 Å². The number of pyridine rings is 1. The zero-order chi connectivity index (χ0) is 31.8. The molecule has 2 heterocycles. The van der Waals surface area contributed by atoms with Gasteiger partial charge in [0.15, 0.2) is 6.20 Å². The van der Waals surface area contributed by atoms with Gasteiger partial charge in [-0.15, -0.1) is 0 Å². The van der Waals surface area contributed by atoms with Crippen LogP contribution < -0.4 is 33.9 Å². The van der Waals surface area contributed by atoms with Gasteiger partial charge < -0.3 is 43.5 Å². The van der Waals surface area contributed by atoms with Gasteiger partial charge in [-0.05, 0) is 26.2 Å². The van der Waals surface area contributed by atoms with Crippen LogP contribution >= 0.6 is 0 Å². The second-order valence-electron chi connectivity index (χ2n) is 12.1. The molecule has 3 amide bonds. The van der Waals surface area contributed by atoms with Gasteiger partial charge in [0, 0.05) is 25.6 Å². The molecule has 0 aromatic carbocycles. The molecule has 0 bridgehead atoms. The minimum absolute atomic E-state index is 0. The molecule has 0 unspecified atom stereocenters. The number of hydrogen-bond donors (Lipinski definition) is 1. The minimum Gasteiger partial charge on any atom is -1.00 e. The predicted octanol–water partition coefficient (Wildman–Crippen LogP) is 4.63. The molecule has 45 heavy (non-hydrogen) atoms. The van der Waals surface area contributed by atoms with Gasteiger partial charge in [0.1, 0.15) is 26.3 Å². The van der Waals surface area contributed by atoms with Crippen molar-refractivity contribution in [2.24, 2.45) is 0 Å². The van der Waals surface area contributed by atoms with Crippen LogP contribution in [0.2, 0.25) is 0 Å². The molecule has 1 aromatic rings. The first-order valence-corrected chi connectivity index (χ1v) is 17.4. The third-order valence-electron chi connectivity index (χ3n) is 8.33. The van der Waals surface area contributed by atoms with E-state index >= 15 is 0 Å². The monoisotopic (exact) mass is 745 g/mol. The molecule has 258 valence electrons. The van der Waals surface area contributed by atoms with Gasteiger partial charge in [-0.3, -0.25) is 4.79 Å². The van der Waals surface area contributed by atoms with Crippen LogP contribution in [0.4, 0.5) is 9.59 Å². The fraction of sp³-hybridized carbons (Fsp3) is 0.771. The Labute approximate surface area is 289 Å². The van der Waals surface area contributed by atoms with E-state index in [0.29, 0.717) is 19.4 Å². The van der Waals surface area contributed by atoms with Gasteiger partial charge in [0.05, 0.1) is 12.2 Å². The number of nitrogens with one attached hydrogen (secondary N) is 1. The van der Waals surface area contributed by atoms with Crippen LogP contribution in [0.3, 0.4) is 0 Å². The third-order valence-corrected chi connectivity index (χ3v) is 8.33. The van der Waals surface area contributed by atoms with Crippen molar-refractivity contribution in [3.63, 3.8) is 0 Å². The first-order chi connectivity index (χ1) is 21.4. The predicted molar refractivity (Wildman–Crippen MR) is 172 cm³/mol. The maximum Gasteiger partial charge on any atom is 0.417 e. The lowest BCUT2D eigenvalue weighted by Crippen LogP contribution is -3.00. The van der Waals surface area contributed by atoms with Crippen molar-refractivity contribution in [3.8, 4) is 0 Å². The van der Waals surface area contributed by atoms with E-state index in [1.54, 1.807) is 0 Å². The van der Waals surface area contributed by atoms with Crippen LogP contribution in [0.1, 0.15) is 136 Å². The molecule has 2 atom stereocenters. The van der Waals surface area contributed by atoms with Crippen molar-refractivity contribution in [1.82, 2.24) is 10.2 Å². The molecule has 1 aliphatic rings. The smallest absolute Gasteiger partial charge is 0.417 e. The molecule has 0 aliphatic carbocycles. The molecule has 0 radical (unpaired) electrons. The second kappa shape index (κ2) is 26.2. The highest BCUT2D eigenvalue weighted by atomic mass is 127. The number of halogens is 1. The Morgan fingerprint density at radius 3 is 1.89 bits per heavy atom. The molecule has 1 aliphatic heterocycles. The number of hydrogen-bond acceptors (Lipinski definition) is 6. The summed E-state index contributed by atoms with van der Waals surface area (Å²) in [5, 5.41) is 2.83. The number of aryl methyl sites for hydroxylation is 1. The molecule has 10 heteroatoms. The van der Waals surface area contributed by atoms with E-state index in [4.69, 9.17) is 14.2 Å². The Hall–Kier alpha value is -1.95. The summed E-state index contributed by atoms with van der Waals surface area (Å²) in [6.07, 6.45) is 21.4. The number of nitrogens with zero attached hydrogens (tertiary/aromatic N) is 2. The van der Waals surface area contributed by atoms with E-state index in [-0.39, 0.29) is 61.9 Å². The van der Waals surface area contributed by atoms with Gasteiger partial charge in [0.25, 0.3) is 0 Å². The highest BCUT2D eigenvalue weighted by Gasteiger charge is 2.29. The van der Waals surface area contributed by atoms with Crippen molar-refractivity contribution in [1.29, 1.82) is 0 Å². The number of unbranched alkanes of at least 4 members (excludes halogenated alkanes) is 14. The highest BCUT2D eigenvalue weighted by molar-refractivity contribution is 5.90. The second-order valence-corrected chi connectivity index (χ2v) is 12.1. The van der Waals surface area contributed by atoms with Gasteiger partial charge in [0.2, 0.25) is 11.6 Å². The van der Waals surface area contributed by atoms with E-state index in [0.717, 1.165) is 30.0 Å². The van der Waals surface area contributed by atoms with Crippen molar-refractivity contribution in [2.45, 2.75) is 155 Å². The lowest BCUT2D eigenvalue weighted by Gasteiger charge is -2.19. The summed E-state index contributed by atoms with van der Waals surface area (Å²) in [4.78, 5) is 38.0. The lowest BCUT2D eigenvalue weighted by atomic mass is 10.0. The Morgan fingerprint density at radius 1 is 0.822 bits per heavy atom. The summed E-state index contributed by atoms with van der Waals surface area (Å²) < 4.78 is 18.6.